The second-order valence-corrected chi connectivity index (χ2v) is 7.90. The predicted octanol–water partition coefficient (Wildman–Crippen LogP) is 2.82. The van der Waals surface area contributed by atoms with E-state index in [0.29, 0.717) is 12.3 Å². The van der Waals surface area contributed by atoms with Crippen LogP contribution in [0.5, 0.6) is 0 Å². The number of carbonyl (C=O) groups excluding carboxylic acids is 1. The largest absolute Gasteiger partial charge is 0.389 e. The predicted molar refractivity (Wildman–Crippen MR) is 93.7 cm³/mol. The Morgan fingerprint density at radius 2 is 1.92 bits per heavy atom. The van der Waals surface area contributed by atoms with E-state index in [1.54, 1.807) is 0 Å². The van der Waals surface area contributed by atoms with Gasteiger partial charge in [-0.25, -0.2) is 0 Å². The SMILES string of the molecule is Cc1cc(C)n(CC2CCN(C(=O)CC3(O)CCCCC3)CC2)n1. The summed E-state index contributed by atoms with van der Waals surface area (Å²) in [7, 11) is 0. The molecule has 1 aromatic rings. The van der Waals surface area contributed by atoms with Gasteiger partial charge in [-0.3, -0.25) is 9.48 Å². The van der Waals surface area contributed by atoms with Crippen molar-refractivity contribution in [2.45, 2.75) is 77.4 Å². The molecule has 2 fully saturated rings. The fraction of sp³-hybridized carbons (Fsp3) is 0.789. The summed E-state index contributed by atoms with van der Waals surface area (Å²) >= 11 is 0. The van der Waals surface area contributed by atoms with E-state index >= 15 is 0 Å². The smallest absolute Gasteiger partial charge is 0.225 e. The molecule has 2 aliphatic rings. The van der Waals surface area contributed by atoms with Crippen LogP contribution < -0.4 is 0 Å². The van der Waals surface area contributed by atoms with Crippen LogP contribution >= 0.6 is 0 Å². The van der Waals surface area contributed by atoms with E-state index in [0.717, 1.165) is 63.9 Å². The van der Waals surface area contributed by atoms with Gasteiger partial charge in [0.1, 0.15) is 0 Å². The first-order chi connectivity index (χ1) is 11.5. The molecule has 1 amide bonds. The molecule has 0 spiro atoms. The second kappa shape index (κ2) is 7.26. The van der Waals surface area contributed by atoms with Crippen LogP contribution in [-0.4, -0.2) is 44.4 Å². The monoisotopic (exact) mass is 333 g/mol. The summed E-state index contributed by atoms with van der Waals surface area (Å²) in [6, 6.07) is 2.11. The molecule has 1 aliphatic carbocycles. The molecular weight excluding hydrogens is 302 g/mol. The first-order valence-corrected chi connectivity index (χ1v) is 9.46. The Morgan fingerprint density at radius 3 is 2.50 bits per heavy atom. The van der Waals surface area contributed by atoms with E-state index in [1.165, 1.54) is 12.1 Å². The number of hydrogen-bond acceptors (Lipinski definition) is 3. The van der Waals surface area contributed by atoms with Crippen LogP contribution in [0.4, 0.5) is 0 Å². The molecule has 0 aromatic carbocycles. The van der Waals surface area contributed by atoms with Gasteiger partial charge in [0.05, 0.1) is 17.7 Å². The van der Waals surface area contributed by atoms with Crippen molar-refractivity contribution < 1.29 is 9.90 Å². The van der Waals surface area contributed by atoms with Gasteiger partial charge in [-0.1, -0.05) is 19.3 Å². The molecule has 0 atom stereocenters. The molecule has 134 valence electrons. The number of aliphatic hydroxyl groups is 1. The van der Waals surface area contributed by atoms with Crippen LogP contribution in [0.15, 0.2) is 6.07 Å². The van der Waals surface area contributed by atoms with E-state index in [4.69, 9.17) is 0 Å². The van der Waals surface area contributed by atoms with Crippen molar-refractivity contribution in [3.63, 3.8) is 0 Å². The minimum atomic E-state index is -0.740. The molecule has 0 radical (unpaired) electrons. The Morgan fingerprint density at radius 1 is 1.25 bits per heavy atom. The third-order valence-electron chi connectivity index (χ3n) is 5.77. The van der Waals surface area contributed by atoms with Gasteiger partial charge in [-0.2, -0.15) is 5.10 Å². The van der Waals surface area contributed by atoms with Crippen molar-refractivity contribution in [1.29, 1.82) is 0 Å². The Hall–Kier alpha value is -1.36. The number of hydrogen-bond donors (Lipinski definition) is 1. The molecule has 5 nitrogen and oxygen atoms in total. The van der Waals surface area contributed by atoms with E-state index in [9.17, 15) is 9.90 Å². The average Bonchev–Trinajstić information content (AvgIpc) is 2.86. The number of rotatable bonds is 4. The van der Waals surface area contributed by atoms with Crippen LogP contribution in [0.25, 0.3) is 0 Å². The molecule has 1 N–H and O–H groups in total. The van der Waals surface area contributed by atoms with Crippen molar-refractivity contribution >= 4 is 5.91 Å². The lowest BCUT2D eigenvalue weighted by Crippen LogP contribution is -2.44. The van der Waals surface area contributed by atoms with Crippen LogP contribution in [-0.2, 0) is 11.3 Å². The topological polar surface area (TPSA) is 58.4 Å². The normalized spacial score (nSPS) is 21.9. The number of nitrogens with zero attached hydrogens (tertiary/aromatic N) is 3. The standard InChI is InChI=1S/C19H31N3O2/c1-15-12-16(2)22(20-15)14-17-6-10-21(11-7-17)18(23)13-19(24)8-4-3-5-9-19/h12,17,24H,3-11,13-14H2,1-2H3. The lowest BCUT2D eigenvalue weighted by molar-refractivity contribution is -0.139. The quantitative estimate of drug-likeness (QED) is 0.922. The maximum absolute atomic E-state index is 12.5. The van der Waals surface area contributed by atoms with Crippen LogP contribution in [0.2, 0.25) is 0 Å². The molecule has 3 rings (SSSR count). The summed E-state index contributed by atoms with van der Waals surface area (Å²) in [5, 5.41) is 15.1. The summed E-state index contributed by atoms with van der Waals surface area (Å²) in [5.41, 5.74) is 1.54. The highest BCUT2D eigenvalue weighted by Gasteiger charge is 2.34. The van der Waals surface area contributed by atoms with Crippen molar-refractivity contribution in [2.75, 3.05) is 13.1 Å². The lowest BCUT2D eigenvalue weighted by Gasteiger charge is -2.36. The number of carbonyl (C=O) groups is 1. The minimum Gasteiger partial charge on any atom is -0.389 e. The molecule has 1 saturated heterocycles. The van der Waals surface area contributed by atoms with Gasteiger partial charge in [0.15, 0.2) is 0 Å². The molecule has 5 heteroatoms. The first kappa shape index (κ1) is 17.5. The maximum Gasteiger partial charge on any atom is 0.225 e. The van der Waals surface area contributed by atoms with Crippen LogP contribution in [0, 0.1) is 19.8 Å². The second-order valence-electron chi connectivity index (χ2n) is 7.90. The van der Waals surface area contributed by atoms with Gasteiger partial charge >= 0.3 is 0 Å². The minimum absolute atomic E-state index is 0.143. The van der Waals surface area contributed by atoms with Crippen LogP contribution in [0.3, 0.4) is 0 Å². The molecule has 1 saturated carbocycles. The highest BCUT2D eigenvalue weighted by molar-refractivity contribution is 5.77. The Kier molecular flexibility index (Phi) is 5.28. The molecular formula is C19H31N3O2. The van der Waals surface area contributed by atoms with E-state index in [1.807, 2.05) is 11.8 Å². The number of aryl methyl sites for hydroxylation is 2. The number of amides is 1. The molecule has 1 aromatic heterocycles. The summed E-state index contributed by atoms with van der Waals surface area (Å²) in [6.45, 7) is 6.72. The summed E-state index contributed by atoms with van der Waals surface area (Å²) in [5.74, 6) is 0.730. The van der Waals surface area contributed by atoms with Gasteiger partial charge in [-0.15, -0.1) is 0 Å². The number of piperidine rings is 1. The molecule has 2 heterocycles. The van der Waals surface area contributed by atoms with Crippen LogP contribution in [0.1, 0.15) is 62.8 Å². The van der Waals surface area contributed by atoms with Gasteiger partial charge in [0.25, 0.3) is 0 Å². The van der Waals surface area contributed by atoms with E-state index in [2.05, 4.69) is 22.8 Å². The third kappa shape index (κ3) is 4.18. The van der Waals surface area contributed by atoms with Crippen molar-refractivity contribution in [3.05, 3.63) is 17.5 Å². The Labute approximate surface area is 145 Å². The zero-order valence-corrected chi connectivity index (χ0v) is 15.1. The highest BCUT2D eigenvalue weighted by atomic mass is 16.3. The van der Waals surface area contributed by atoms with Gasteiger partial charge in [0.2, 0.25) is 5.91 Å². The first-order valence-electron chi connectivity index (χ1n) is 9.46. The highest BCUT2D eigenvalue weighted by Crippen LogP contribution is 2.32. The van der Waals surface area contributed by atoms with E-state index in [-0.39, 0.29) is 5.91 Å². The molecule has 0 bridgehead atoms. The van der Waals surface area contributed by atoms with Gasteiger partial charge in [-0.05, 0) is 51.5 Å². The third-order valence-corrected chi connectivity index (χ3v) is 5.77. The Balaban J connectivity index is 1.47. The zero-order valence-electron chi connectivity index (χ0n) is 15.1. The van der Waals surface area contributed by atoms with Crippen molar-refractivity contribution in [2.24, 2.45) is 5.92 Å². The lowest BCUT2D eigenvalue weighted by atomic mass is 9.82. The van der Waals surface area contributed by atoms with Gasteiger partial charge < -0.3 is 10.0 Å². The van der Waals surface area contributed by atoms with Gasteiger partial charge in [0, 0.05) is 25.3 Å². The molecule has 24 heavy (non-hydrogen) atoms. The van der Waals surface area contributed by atoms with Crippen molar-refractivity contribution in [3.8, 4) is 0 Å². The summed E-state index contributed by atoms with van der Waals surface area (Å²) < 4.78 is 2.10. The fourth-order valence-corrected chi connectivity index (χ4v) is 4.25. The number of likely N-dealkylation sites (tertiary alicyclic amines) is 1. The maximum atomic E-state index is 12.5. The average molecular weight is 333 g/mol. The van der Waals surface area contributed by atoms with Crippen molar-refractivity contribution in [1.82, 2.24) is 14.7 Å². The molecule has 0 unspecified atom stereocenters. The summed E-state index contributed by atoms with van der Waals surface area (Å²) in [6.07, 6.45) is 7.23. The van der Waals surface area contributed by atoms with E-state index < -0.39 is 5.60 Å². The zero-order chi connectivity index (χ0) is 17.2. The number of aromatic nitrogens is 2. The fourth-order valence-electron chi connectivity index (χ4n) is 4.25. The Bertz CT molecular complexity index is 567. The summed E-state index contributed by atoms with van der Waals surface area (Å²) in [4.78, 5) is 14.5. The molecule has 1 aliphatic heterocycles.